The van der Waals surface area contributed by atoms with Gasteiger partial charge in [-0.3, -0.25) is 10.1 Å². The van der Waals surface area contributed by atoms with E-state index in [1.165, 1.54) is 0 Å². The summed E-state index contributed by atoms with van der Waals surface area (Å²) in [5.41, 5.74) is 4.16. The van der Waals surface area contributed by atoms with Gasteiger partial charge in [-0.25, -0.2) is 36.3 Å². The first-order chi connectivity index (χ1) is 26.4. The molecule has 1 aliphatic rings. The Hall–Kier alpha value is -5.45. The second kappa shape index (κ2) is 16.0. The van der Waals surface area contributed by atoms with Crippen LogP contribution in [0, 0.1) is 12.8 Å². The van der Waals surface area contributed by atoms with Crippen LogP contribution in [0.5, 0.6) is 0 Å². The summed E-state index contributed by atoms with van der Waals surface area (Å²) in [5.74, 6) is -0.697. The molecule has 5 aromatic rings. The van der Waals surface area contributed by atoms with E-state index in [9.17, 15) is 26.4 Å². The molecule has 2 aromatic heterocycles. The van der Waals surface area contributed by atoms with Crippen molar-refractivity contribution in [3.8, 4) is 5.69 Å². The molecular formula is C40H46N8O6S2. The number of benzene rings is 3. The van der Waals surface area contributed by atoms with Crippen LogP contribution in [-0.4, -0.2) is 74.0 Å². The summed E-state index contributed by atoms with van der Waals surface area (Å²) in [4.78, 5) is 36.5. The zero-order valence-electron chi connectivity index (χ0n) is 32.1. The molecule has 1 unspecified atom stereocenters. The van der Waals surface area contributed by atoms with Crippen LogP contribution in [-0.2, 0) is 25.1 Å². The van der Waals surface area contributed by atoms with Gasteiger partial charge in [0.25, 0.3) is 0 Å². The summed E-state index contributed by atoms with van der Waals surface area (Å²) in [6.07, 6.45) is 3.28. The molecule has 0 aliphatic carbocycles. The largest absolute Gasteiger partial charge is 0.324 e. The van der Waals surface area contributed by atoms with E-state index in [0.717, 1.165) is 61.5 Å². The molecule has 3 aromatic carbocycles. The van der Waals surface area contributed by atoms with Crippen molar-refractivity contribution in [3.63, 3.8) is 0 Å². The highest BCUT2D eigenvalue weighted by Crippen LogP contribution is 2.37. The number of urea groups is 1. The maximum atomic E-state index is 14.8. The number of hydrogen-bond acceptors (Lipinski definition) is 11. The number of Topliss-reactive ketones (excluding diaryl/α,β-unsaturated/α-hetero) is 1. The molecule has 0 radical (unpaired) electrons. The third kappa shape index (κ3) is 9.49. The van der Waals surface area contributed by atoms with E-state index < -0.39 is 41.7 Å². The van der Waals surface area contributed by atoms with Gasteiger partial charge in [-0.15, -0.1) is 0 Å². The van der Waals surface area contributed by atoms with Gasteiger partial charge < -0.3 is 16.0 Å². The summed E-state index contributed by atoms with van der Waals surface area (Å²) in [5, 5.41) is 16.0. The summed E-state index contributed by atoms with van der Waals surface area (Å²) in [6.45, 7) is 9.61. The third-order valence-electron chi connectivity index (χ3n) is 9.52. The number of amides is 2. The molecule has 6 rings (SSSR count). The van der Waals surface area contributed by atoms with Gasteiger partial charge in [0.1, 0.15) is 5.82 Å². The highest BCUT2D eigenvalue weighted by atomic mass is 32.2. The predicted octanol–water partition coefficient (Wildman–Crippen LogP) is 6.43. The minimum Gasteiger partial charge on any atom is -0.323 e. The Balaban J connectivity index is 1.31. The van der Waals surface area contributed by atoms with Gasteiger partial charge in [-0.1, -0.05) is 62.7 Å². The number of ketones is 1. The minimum absolute atomic E-state index is 0.0535. The van der Waals surface area contributed by atoms with Crippen molar-refractivity contribution < 1.29 is 26.4 Å². The SMILES string of the molecule is Cc1ccc(-n2nc(C(C)(C)C)cc2NC(=O)Nc2cccc(C(C(=O)c3ccccc3Nc3nc(S(C)(=O)=O)cc(S(C)(=O)=O)n3)C3CCNCC3)c2)cc1. The lowest BCUT2D eigenvalue weighted by atomic mass is 9.76. The zero-order chi connectivity index (χ0) is 40.4. The zero-order valence-corrected chi connectivity index (χ0v) is 33.8. The van der Waals surface area contributed by atoms with Crippen LogP contribution < -0.4 is 21.3 Å². The Morgan fingerprint density at radius 3 is 2.09 bits per heavy atom. The molecule has 4 N–H and O–H groups in total. The van der Waals surface area contributed by atoms with Gasteiger partial charge in [0.15, 0.2) is 35.5 Å². The van der Waals surface area contributed by atoms with Gasteiger partial charge in [0, 0.05) is 41.3 Å². The number of sulfone groups is 2. The Morgan fingerprint density at radius 1 is 0.821 bits per heavy atom. The molecule has 14 nitrogen and oxygen atoms in total. The lowest BCUT2D eigenvalue weighted by molar-refractivity contribution is 0.0917. The first kappa shape index (κ1) is 40.2. The number of aromatic nitrogens is 4. The number of nitrogens with one attached hydrogen (secondary N) is 4. The fourth-order valence-electron chi connectivity index (χ4n) is 6.56. The second-order valence-electron chi connectivity index (χ2n) is 15.1. The standard InChI is InChI=1S/C40H46N8O6S2/c1-25-14-16-29(17-15-25)48-33(23-32(47-48)40(2,3)4)44-39(50)42-28-11-9-10-27(22-28)36(26-18-20-41-21-19-26)37(49)30-12-7-8-13-31(30)43-38-45-34(55(5,51)52)24-35(46-38)56(6,53)54/h7-17,22-24,26,36,41H,18-21H2,1-6H3,(H2,42,44,50)(H,43,45,46). The Morgan fingerprint density at radius 2 is 1.46 bits per heavy atom. The van der Waals surface area contributed by atoms with Gasteiger partial charge in [0.05, 0.1) is 23.0 Å². The van der Waals surface area contributed by atoms with Crippen molar-refractivity contribution in [2.75, 3.05) is 41.6 Å². The molecule has 3 heterocycles. The highest BCUT2D eigenvalue weighted by molar-refractivity contribution is 7.91. The highest BCUT2D eigenvalue weighted by Gasteiger charge is 2.33. The van der Waals surface area contributed by atoms with E-state index >= 15 is 0 Å². The van der Waals surface area contributed by atoms with Crippen LogP contribution in [0.4, 0.5) is 27.9 Å². The summed E-state index contributed by atoms with van der Waals surface area (Å²) in [7, 11) is -7.82. The summed E-state index contributed by atoms with van der Waals surface area (Å²) in [6, 6.07) is 24.0. The Labute approximate surface area is 327 Å². The molecule has 16 heteroatoms. The average Bonchev–Trinajstić information content (AvgIpc) is 3.56. The topological polar surface area (TPSA) is 194 Å². The first-order valence-electron chi connectivity index (χ1n) is 18.1. The molecule has 2 amide bonds. The van der Waals surface area contributed by atoms with Crippen molar-refractivity contribution in [1.29, 1.82) is 0 Å². The van der Waals surface area contributed by atoms with Crippen molar-refractivity contribution in [3.05, 3.63) is 107 Å². The van der Waals surface area contributed by atoms with Gasteiger partial charge in [-0.2, -0.15) is 5.10 Å². The Kier molecular flexibility index (Phi) is 11.5. The van der Waals surface area contributed by atoms with Gasteiger partial charge in [0.2, 0.25) is 5.95 Å². The van der Waals surface area contributed by atoms with E-state index in [2.05, 4.69) is 52.0 Å². The molecule has 0 bridgehead atoms. The molecule has 1 aliphatic heterocycles. The number of hydrogen-bond donors (Lipinski definition) is 4. The number of nitrogens with zero attached hydrogens (tertiary/aromatic N) is 4. The predicted molar refractivity (Wildman–Crippen MR) is 217 cm³/mol. The monoisotopic (exact) mass is 798 g/mol. The molecule has 1 fully saturated rings. The maximum absolute atomic E-state index is 14.8. The van der Waals surface area contributed by atoms with Crippen molar-refractivity contribution in [2.45, 2.75) is 61.9 Å². The smallest absolute Gasteiger partial charge is 0.323 e. The number of aryl methyl sites for hydroxylation is 1. The Bertz CT molecular complexity index is 2440. The van der Waals surface area contributed by atoms with Crippen LogP contribution in [0.15, 0.2) is 95.0 Å². The number of carbonyl (C=O) groups is 2. The van der Waals surface area contributed by atoms with Crippen LogP contribution >= 0.6 is 0 Å². The number of para-hydroxylation sites is 1. The molecule has 56 heavy (non-hydrogen) atoms. The first-order valence-corrected chi connectivity index (χ1v) is 21.9. The van der Waals surface area contributed by atoms with Crippen molar-refractivity contribution in [2.24, 2.45) is 5.92 Å². The normalized spacial score (nSPS) is 14.5. The lowest BCUT2D eigenvalue weighted by Crippen LogP contribution is -2.34. The molecule has 1 atom stereocenters. The average molecular weight is 799 g/mol. The molecule has 0 spiro atoms. The number of carbonyl (C=O) groups excluding carboxylic acids is 2. The maximum Gasteiger partial charge on any atom is 0.324 e. The molecule has 1 saturated heterocycles. The fraction of sp³-hybridized carbons (Fsp3) is 0.325. The van der Waals surface area contributed by atoms with E-state index in [0.29, 0.717) is 17.1 Å². The minimum atomic E-state index is -3.91. The number of piperidine rings is 1. The van der Waals surface area contributed by atoms with Crippen molar-refractivity contribution in [1.82, 2.24) is 25.1 Å². The molecular weight excluding hydrogens is 753 g/mol. The van der Waals surface area contributed by atoms with Crippen LogP contribution in [0.2, 0.25) is 0 Å². The fourth-order valence-corrected chi connectivity index (χ4v) is 7.79. The third-order valence-corrected chi connectivity index (χ3v) is 11.5. The van der Waals surface area contributed by atoms with Crippen LogP contribution in [0.3, 0.4) is 0 Å². The summed E-state index contributed by atoms with van der Waals surface area (Å²) < 4.78 is 51.4. The lowest BCUT2D eigenvalue weighted by Gasteiger charge is -2.31. The van der Waals surface area contributed by atoms with E-state index in [-0.39, 0.29) is 34.3 Å². The summed E-state index contributed by atoms with van der Waals surface area (Å²) >= 11 is 0. The number of rotatable bonds is 11. The molecule has 0 saturated carbocycles. The number of anilines is 4. The second-order valence-corrected chi connectivity index (χ2v) is 19.1. The van der Waals surface area contributed by atoms with Gasteiger partial charge in [-0.05, 0) is 80.7 Å². The van der Waals surface area contributed by atoms with E-state index in [1.54, 1.807) is 47.1 Å². The quantitative estimate of drug-likeness (QED) is 0.0850. The van der Waals surface area contributed by atoms with Gasteiger partial charge >= 0.3 is 6.03 Å². The van der Waals surface area contributed by atoms with Crippen LogP contribution in [0.1, 0.15) is 66.7 Å². The van der Waals surface area contributed by atoms with Crippen molar-refractivity contribution >= 4 is 54.6 Å². The van der Waals surface area contributed by atoms with Crippen LogP contribution in [0.25, 0.3) is 5.69 Å². The van der Waals surface area contributed by atoms with E-state index in [4.69, 9.17) is 5.10 Å². The molecule has 294 valence electrons. The van der Waals surface area contributed by atoms with E-state index in [1.807, 2.05) is 43.3 Å².